The van der Waals surface area contributed by atoms with E-state index in [1.165, 1.54) is 18.3 Å². The highest BCUT2D eigenvalue weighted by Crippen LogP contribution is 2.35. The molecule has 1 aliphatic heterocycles. The van der Waals surface area contributed by atoms with Crippen LogP contribution >= 0.6 is 0 Å². The highest BCUT2D eigenvalue weighted by molar-refractivity contribution is 5.96. The zero-order valence-electron chi connectivity index (χ0n) is 20.8. The summed E-state index contributed by atoms with van der Waals surface area (Å²) in [4.78, 5) is 22.8. The predicted octanol–water partition coefficient (Wildman–Crippen LogP) is 5.60. The number of nitrogens with zero attached hydrogens (tertiary/aromatic N) is 6. The first kappa shape index (κ1) is 25.4. The highest BCUT2D eigenvalue weighted by atomic mass is 19.4. The largest absolute Gasteiger partial charge is 0.437 e. The van der Waals surface area contributed by atoms with Crippen molar-refractivity contribution in [1.29, 1.82) is 0 Å². The summed E-state index contributed by atoms with van der Waals surface area (Å²) in [5.74, 6) is -0.442. The summed E-state index contributed by atoms with van der Waals surface area (Å²) in [6, 6.07) is 17.6. The van der Waals surface area contributed by atoms with E-state index < -0.39 is 23.4 Å². The molecule has 5 aromatic rings. The molecule has 2 aromatic carbocycles. The summed E-state index contributed by atoms with van der Waals surface area (Å²) in [6.07, 6.45) is -3.75. The topological polar surface area (TPSA) is 89.9 Å². The Labute approximate surface area is 224 Å². The third kappa shape index (κ3) is 4.95. The number of carbonyl (C=O) groups excluding carboxylic acids is 1. The molecule has 0 aliphatic carbocycles. The van der Waals surface area contributed by atoms with E-state index in [9.17, 15) is 22.4 Å². The monoisotopic (exact) mass is 548 g/mol. The van der Waals surface area contributed by atoms with Crippen LogP contribution in [-0.4, -0.2) is 37.1 Å². The SMILES string of the molecule is O=C(Cc1ccc(N2CCn3c(nnc3-c3cccc(F)c3)C2)nc1)c1oc(-c2ccccc2)nc1C(F)(F)F. The van der Waals surface area contributed by atoms with Crippen molar-refractivity contribution in [1.82, 2.24) is 24.7 Å². The number of pyridine rings is 1. The lowest BCUT2D eigenvalue weighted by Crippen LogP contribution is -2.34. The van der Waals surface area contributed by atoms with Crippen molar-refractivity contribution in [2.24, 2.45) is 0 Å². The van der Waals surface area contributed by atoms with Crippen molar-refractivity contribution in [3.8, 4) is 22.8 Å². The first-order chi connectivity index (χ1) is 19.3. The van der Waals surface area contributed by atoms with E-state index in [0.29, 0.717) is 53.8 Å². The average Bonchev–Trinajstić information content (AvgIpc) is 3.59. The van der Waals surface area contributed by atoms with Gasteiger partial charge in [-0.2, -0.15) is 13.2 Å². The standard InChI is InChI=1S/C28H20F4N6O2/c29-20-8-4-7-19(14-20)26-36-35-23-16-37(11-12-38(23)26)22-10-9-17(15-33-22)13-21(39)24-25(28(30,31)32)34-27(40-24)18-5-2-1-3-6-18/h1-10,14-15H,11-13,16H2. The number of benzene rings is 2. The number of halogens is 4. The summed E-state index contributed by atoms with van der Waals surface area (Å²) in [6.45, 7) is 1.53. The summed E-state index contributed by atoms with van der Waals surface area (Å²) >= 11 is 0. The van der Waals surface area contributed by atoms with Gasteiger partial charge >= 0.3 is 6.18 Å². The predicted molar refractivity (Wildman–Crippen MR) is 136 cm³/mol. The molecule has 40 heavy (non-hydrogen) atoms. The van der Waals surface area contributed by atoms with Crippen molar-refractivity contribution >= 4 is 11.6 Å². The van der Waals surface area contributed by atoms with Crippen molar-refractivity contribution in [2.45, 2.75) is 25.7 Å². The number of rotatable bonds is 6. The second-order valence-corrected chi connectivity index (χ2v) is 9.21. The minimum absolute atomic E-state index is 0.275. The molecule has 0 spiro atoms. The Morgan fingerprint density at radius 2 is 1.75 bits per heavy atom. The van der Waals surface area contributed by atoms with Crippen LogP contribution in [-0.2, 0) is 25.7 Å². The summed E-state index contributed by atoms with van der Waals surface area (Å²) in [5.41, 5.74) is 0.0400. The Morgan fingerprint density at radius 1 is 0.950 bits per heavy atom. The van der Waals surface area contributed by atoms with Gasteiger partial charge in [-0.15, -0.1) is 10.2 Å². The van der Waals surface area contributed by atoms with E-state index in [2.05, 4.69) is 20.2 Å². The smallest absolute Gasteiger partial charge is 0.432 e. The van der Waals surface area contributed by atoms with Gasteiger partial charge in [0.15, 0.2) is 17.3 Å². The maximum absolute atomic E-state index is 13.7. The molecule has 0 saturated heterocycles. The Balaban J connectivity index is 1.17. The average molecular weight is 549 g/mol. The molecule has 0 fully saturated rings. The number of aromatic nitrogens is 5. The van der Waals surface area contributed by atoms with Gasteiger partial charge in [-0.25, -0.2) is 14.4 Å². The Kier molecular flexibility index (Phi) is 6.37. The zero-order chi connectivity index (χ0) is 27.9. The molecule has 0 saturated carbocycles. The first-order valence-electron chi connectivity index (χ1n) is 12.3. The zero-order valence-corrected chi connectivity index (χ0v) is 20.8. The van der Waals surface area contributed by atoms with Crippen LogP contribution in [0, 0.1) is 5.82 Å². The molecule has 0 radical (unpaired) electrons. The molecule has 8 nitrogen and oxygen atoms in total. The van der Waals surface area contributed by atoms with Gasteiger partial charge in [-0.1, -0.05) is 36.4 Å². The van der Waals surface area contributed by atoms with Crippen LogP contribution < -0.4 is 4.90 Å². The van der Waals surface area contributed by atoms with Gasteiger partial charge in [-0.3, -0.25) is 4.79 Å². The summed E-state index contributed by atoms with van der Waals surface area (Å²) < 4.78 is 61.8. The van der Waals surface area contributed by atoms with E-state index in [0.717, 1.165) is 0 Å². The third-order valence-corrected chi connectivity index (χ3v) is 6.50. The number of hydrogen-bond acceptors (Lipinski definition) is 7. The number of carbonyl (C=O) groups is 1. The fourth-order valence-corrected chi connectivity index (χ4v) is 4.57. The normalized spacial score (nSPS) is 13.3. The Morgan fingerprint density at radius 3 is 2.48 bits per heavy atom. The third-order valence-electron chi connectivity index (χ3n) is 6.50. The van der Waals surface area contributed by atoms with Gasteiger partial charge in [0.1, 0.15) is 11.6 Å². The number of alkyl halides is 3. The highest BCUT2D eigenvalue weighted by Gasteiger charge is 2.41. The lowest BCUT2D eigenvalue weighted by atomic mass is 10.1. The van der Waals surface area contributed by atoms with E-state index in [4.69, 9.17) is 4.42 Å². The second-order valence-electron chi connectivity index (χ2n) is 9.21. The van der Waals surface area contributed by atoms with Crippen LogP contribution in [0.1, 0.15) is 27.6 Å². The maximum atomic E-state index is 13.7. The van der Waals surface area contributed by atoms with Gasteiger partial charge < -0.3 is 13.9 Å². The molecule has 4 heterocycles. The molecule has 0 bridgehead atoms. The fourth-order valence-electron chi connectivity index (χ4n) is 4.57. The van der Waals surface area contributed by atoms with E-state index in [1.807, 2.05) is 9.47 Å². The maximum Gasteiger partial charge on any atom is 0.437 e. The molecular weight excluding hydrogens is 528 g/mol. The number of fused-ring (bicyclic) bond motifs is 1. The molecule has 6 rings (SSSR count). The van der Waals surface area contributed by atoms with Crippen molar-refractivity contribution in [3.05, 3.63) is 102 Å². The molecule has 12 heteroatoms. The summed E-state index contributed by atoms with van der Waals surface area (Å²) in [7, 11) is 0. The molecule has 202 valence electrons. The quantitative estimate of drug-likeness (QED) is 0.202. The van der Waals surface area contributed by atoms with E-state index in [1.54, 1.807) is 54.6 Å². The molecule has 3 aromatic heterocycles. The van der Waals surface area contributed by atoms with Crippen molar-refractivity contribution in [3.63, 3.8) is 0 Å². The van der Waals surface area contributed by atoms with Crippen LogP contribution in [0.3, 0.4) is 0 Å². The molecule has 1 aliphatic rings. The lowest BCUT2D eigenvalue weighted by Gasteiger charge is -2.28. The van der Waals surface area contributed by atoms with Gasteiger partial charge in [0.05, 0.1) is 6.54 Å². The van der Waals surface area contributed by atoms with Gasteiger partial charge in [0.25, 0.3) is 0 Å². The molecule has 0 atom stereocenters. The van der Waals surface area contributed by atoms with Crippen molar-refractivity contribution < 1.29 is 26.8 Å². The van der Waals surface area contributed by atoms with Gasteiger partial charge in [-0.05, 0) is 35.9 Å². The molecule has 0 N–H and O–H groups in total. The number of anilines is 1. The molecule has 0 amide bonds. The first-order valence-corrected chi connectivity index (χ1v) is 12.3. The molecule has 0 unspecified atom stereocenters. The minimum atomic E-state index is -4.85. The van der Waals surface area contributed by atoms with Crippen molar-refractivity contribution in [2.75, 3.05) is 11.4 Å². The fraction of sp³-hybridized carbons (Fsp3) is 0.179. The van der Waals surface area contributed by atoms with Crippen LogP contribution in [0.15, 0.2) is 77.3 Å². The number of hydrogen-bond donors (Lipinski definition) is 0. The number of Topliss-reactive ketones (excluding diaryl/α,β-unsaturated/α-hetero) is 1. The van der Waals surface area contributed by atoms with Crippen LogP contribution in [0.25, 0.3) is 22.8 Å². The Bertz CT molecular complexity index is 1680. The van der Waals surface area contributed by atoms with E-state index in [-0.39, 0.29) is 18.1 Å². The summed E-state index contributed by atoms with van der Waals surface area (Å²) in [5, 5.41) is 8.47. The Hall–Kier alpha value is -4.87. The van der Waals surface area contributed by atoms with E-state index >= 15 is 0 Å². The lowest BCUT2D eigenvalue weighted by molar-refractivity contribution is -0.141. The number of ketones is 1. The van der Waals surface area contributed by atoms with Crippen LogP contribution in [0.5, 0.6) is 0 Å². The second kappa shape index (κ2) is 10.0. The number of oxazole rings is 1. The van der Waals surface area contributed by atoms with Crippen LogP contribution in [0.2, 0.25) is 0 Å². The minimum Gasteiger partial charge on any atom is -0.432 e. The van der Waals surface area contributed by atoms with Crippen LogP contribution in [0.4, 0.5) is 23.4 Å². The molecular formula is C28H20F4N6O2. The van der Waals surface area contributed by atoms with Gasteiger partial charge in [0, 0.05) is 36.8 Å². The van der Waals surface area contributed by atoms with Gasteiger partial charge in [0.2, 0.25) is 17.4 Å².